The van der Waals surface area contributed by atoms with E-state index in [1.165, 1.54) is 0 Å². The van der Waals surface area contributed by atoms with Crippen molar-refractivity contribution in [2.45, 2.75) is 0 Å². The van der Waals surface area contributed by atoms with Crippen LogP contribution in [0.1, 0.15) is 0 Å². The summed E-state index contributed by atoms with van der Waals surface area (Å²) in [7, 11) is -3.70. The lowest BCUT2D eigenvalue weighted by atomic mass is 10.7. The van der Waals surface area contributed by atoms with Gasteiger partial charge in [-0.25, -0.2) is 4.57 Å². The largest absolute Gasteiger partial charge is 0.474 e. The molecule has 0 rings (SSSR count). The van der Waals surface area contributed by atoms with Gasteiger partial charge in [0.2, 0.25) is 0 Å². The number of halogens is 4. The van der Waals surface area contributed by atoms with E-state index in [-0.39, 0.29) is 51.4 Å². The predicted molar refractivity (Wildman–Crippen MR) is 83.0 cm³/mol. The van der Waals surface area contributed by atoms with Crippen molar-refractivity contribution in [1.29, 1.82) is 0 Å². The van der Waals surface area contributed by atoms with Crippen molar-refractivity contribution >= 4 is 59.6 Å². The monoisotopic (exact) mass is 426 g/mol. The van der Waals surface area contributed by atoms with Crippen LogP contribution in [0.25, 0.3) is 0 Å². The van der Waals surface area contributed by atoms with Crippen LogP contribution in [-0.2, 0) is 32.0 Å². The number of phosphoric acid groups is 1. The quantitative estimate of drug-likeness (QED) is 0.233. The van der Waals surface area contributed by atoms with Crippen LogP contribution >= 0.6 is 59.6 Å². The van der Waals surface area contributed by atoms with Gasteiger partial charge in [-0.1, -0.05) is 0 Å². The van der Waals surface area contributed by atoms with E-state index < -0.39 is 13.9 Å². The minimum atomic E-state index is -3.70. The highest BCUT2D eigenvalue weighted by Gasteiger charge is 2.26. The molecule has 13 heteroatoms. The lowest BCUT2D eigenvalue weighted by Crippen LogP contribution is -2.10. The van der Waals surface area contributed by atoms with Crippen molar-refractivity contribution in [3.8, 4) is 0 Å². The molecule has 0 amide bonds. The maximum Gasteiger partial charge on any atom is 0.474 e. The highest BCUT2D eigenvalue weighted by atomic mass is 35.9. The summed E-state index contributed by atoms with van der Waals surface area (Å²) >= 11 is 21.2. The van der Waals surface area contributed by atoms with Gasteiger partial charge in [0.15, 0.2) is 0 Å². The summed E-state index contributed by atoms with van der Waals surface area (Å²) in [6.45, 7) is 0.0840. The molecule has 0 aliphatic heterocycles. The van der Waals surface area contributed by atoms with Crippen molar-refractivity contribution in [2.75, 3.05) is 51.4 Å². The van der Waals surface area contributed by atoms with E-state index in [1.54, 1.807) is 0 Å². The smallest absolute Gasteiger partial charge is 0.377 e. The fraction of sp³-hybridized carbons (Fsp3) is 1.00. The lowest BCUT2D eigenvalue weighted by Gasteiger charge is -2.17. The second-order valence-electron chi connectivity index (χ2n) is 3.18. The average Bonchev–Trinajstić information content (AvgIpc) is 2.41. The second-order valence-corrected chi connectivity index (χ2v) is 9.89. The van der Waals surface area contributed by atoms with Gasteiger partial charge in [-0.2, -0.15) is 0 Å². The molecule has 0 atom stereocenters. The Kier molecular flexibility index (Phi) is 13.7. The number of ether oxygens (including phenoxy) is 1. The van der Waals surface area contributed by atoms with Crippen molar-refractivity contribution in [3.05, 3.63) is 0 Å². The molecule has 0 aliphatic carbocycles. The van der Waals surface area contributed by atoms with E-state index in [2.05, 4.69) is 4.52 Å². The molecule has 0 unspecified atom stereocenters. The maximum atomic E-state index is 12.0. The van der Waals surface area contributed by atoms with Gasteiger partial charge in [0.1, 0.15) is 0 Å². The molecule has 21 heavy (non-hydrogen) atoms. The minimum Gasteiger partial charge on any atom is -0.377 e. The van der Waals surface area contributed by atoms with Gasteiger partial charge in [-0.3, -0.25) is 18.1 Å². The number of phosphoric ester groups is 1. The molecule has 0 aromatic rings. The molecule has 0 N–H and O–H groups in total. The van der Waals surface area contributed by atoms with Gasteiger partial charge in [0, 0.05) is 11.8 Å². The summed E-state index contributed by atoms with van der Waals surface area (Å²) in [5.41, 5.74) is 0. The molecule has 0 heterocycles. The molecule has 0 saturated carbocycles. The molecule has 7 nitrogen and oxygen atoms in total. The van der Waals surface area contributed by atoms with Gasteiger partial charge in [0.05, 0.1) is 39.6 Å². The van der Waals surface area contributed by atoms with Gasteiger partial charge < -0.3 is 9.26 Å². The van der Waals surface area contributed by atoms with Crippen LogP contribution in [0.5, 0.6) is 0 Å². The van der Waals surface area contributed by atoms with Gasteiger partial charge in [0.25, 0.3) is 0 Å². The highest BCUT2D eigenvalue weighted by molar-refractivity contribution is 8.05. The van der Waals surface area contributed by atoms with Crippen LogP contribution in [0.2, 0.25) is 0 Å². The Labute approximate surface area is 143 Å². The third-order valence-corrected chi connectivity index (χ3v) is 4.47. The Morgan fingerprint density at radius 2 is 1.10 bits per heavy atom. The first-order valence-electron chi connectivity index (χ1n) is 5.70. The summed E-state index contributed by atoms with van der Waals surface area (Å²) in [6, 6.07) is 0. The Bertz CT molecular complexity index is 342. The summed E-state index contributed by atoms with van der Waals surface area (Å²) < 4.78 is 47.3. The molecule has 0 aliphatic rings. The van der Waals surface area contributed by atoms with E-state index in [0.29, 0.717) is 0 Å². The van der Waals surface area contributed by atoms with Crippen LogP contribution in [0.4, 0.5) is 0 Å². The number of hydrogen-bond donors (Lipinski definition) is 0. The third-order valence-electron chi connectivity index (χ3n) is 1.60. The van der Waals surface area contributed by atoms with E-state index >= 15 is 0 Å². The van der Waals surface area contributed by atoms with Crippen LogP contribution in [-0.4, -0.2) is 51.4 Å². The van der Waals surface area contributed by atoms with Crippen LogP contribution in [0.3, 0.4) is 0 Å². The summed E-state index contributed by atoms with van der Waals surface area (Å²) in [5, 5.41) is 0. The highest BCUT2D eigenvalue weighted by Crippen LogP contribution is 2.57. The maximum absolute atomic E-state index is 12.0. The zero-order valence-corrected chi connectivity index (χ0v) is 15.7. The standard InChI is InChI=1S/C8H16Cl4O7P2/c9-1-3-17-21(14,18-4-2-10)19-8-6-15-5-7-16-20(11,12)13/h1-8H2. The van der Waals surface area contributed by atoms with Crippen LogP contribution < -0.4 is 0 Å². The number of hydrogen-bond acceptors (Lipinski definition) is 7. The SMILES string of the molecule is O=P(Cl)(Cl)OCCOCCOP(=O)(OCCCl)OCCCl. The van der Waals surface area contributed by atoms with Gasteiger partial charge in [-0.15, -0.1) is 23.2 Å². The molecule has 0 radical (unpaired) electrons. The molecule has 0 saturated heterocycles. The lowest BCUT2D eigenvalue weighted by molar-refractivity contribution is 0.0566. The number of alkyl halides is 2. The van der Waals surface area contributed by atoms with Gasteiger partial charge in [-0.05, 0) is 22.5 Å². The van der Waals surface area contributed by atoms with E-state index in [9.17, 15) is 9.13 Å². The Morgan fingerprint density at radius 1 is 0.667 bits per heavy atom. The predicted octanol–water partition coefficient (Wildman–Crippen LogP) is 4.24. The second kappa shape index (κ2) is 12.8. The zero-order valence-electron chi connectivity index (χ0n) is 10.9. The first kappa shape index (κ1) is 22.4. The normalized spacial score (nSPS) is 12.8. The molecule has 0 spiro atoms. The Hall–Kier alpha value is 1.42. The summed E-state index contributed by atoms with van der Waals surface area (Å²) in [6.07, 6.45) is -3.55. The van der Waals surface area contributed by atoms with E-state index in [1.807, 2.05) is 0 Å². The van der Waals surface area contributed by atoms with Crippen molar-refractivity contribution in [3.63, 3.8) is 0 Å². The Balaban J connectivity index is 3.82. The molecule has 0 aromatic heterocycles. The molecular weight excluding hydrogens is 412 g/mol. The van der Waals surface area contributed by atoms with Crippen molar-refractivity contribution < 1.29 is 32.0 Å². The van der Waals surface area contributed by atoms with Crippen LogP contribution in [0, 0.1) is 0 Å². The third kappa shape index (κ3) is 14.7. The first-order valence-corrected chi connectivity index (χ1v) is 11.7. The molecule has 0 aromatic carbocycles. The number of rotatable bonds is 14. The fourth-order valence-corrected chi connectivity index (χ4v) is 3.14. The average molecular weight is 428 g/mol. The first-order chi connectivity index (χ1) is 9.83. The molecule has 0 bridgehead atoms. The molecular formula is C8H16Cl4O7P2. The van der Waals surface area contributed by atoms with Crippen molar-refractivity contribution in [2.24, 2.45) is 0 Å². The van der Waals surface area contributed by atoms with Crippen molar-refractivity contribution in [1.82, 2.24) is 0 Å². The topological polar surface area (TPSA) is 80.3 Å². The molecule has 0 fully saturated rings. The van der Waals surface area contributed by atoms with Gasteiger partial charge >= 0.3 is 13.9 Å². The summed E-state index contributed by atoms with van der Waals surface area (Å²) in [4.78, 5) is 0. The van der Waals surface area contributed by atoms with Crippen LogP contribution in [0.15, 0.2) is 0 Å². The molecule has 128 valence electrons. The fourth-order valence-electron chi connectivity index (χ4n) is 0.917. The zero-order chi connectivity index (χ0) is 16.2. The van der Waals surface area contributed by atoms with E-state index in [4.69, 9.17) is 64.0 Å². The Morgan fingerprint density at radius 3 is 1.52 bits per heavy atom. The summed E-state index contributed by atoms with van der Waals surface area (Å²) in [5.74, 6) is 0.282. The van der Waals surface area contributed by atoms with E-state index in [0.717, 1.165) is 0 Å². The minimum absolute atomic E-state index is 0.0105.